The summed E-state index contributed by atoms with van der Waals surface area (Å²) in [6.07, 6.45) is 5.69. The van der Waals surface area contributed by atoms with Crippen LogP contribution in [0.1, 0.15) is 25.3 Å². The predicted molar refractivity (Wildman–Crippen MR) is 69.7 cm³/mol. The number of nitrogens with one attached hydrogen (secondary N) is 1. The van der Waals surface area contributed by atoms with Crippen LogP contribution in [0.4, 0.5) is 4.79 Å². The van der Waals surface area contributed by atoms with Gasteiger partial charge in [-0.1, -0.05) is 42.5 Å². The van der Waals surface area contributed by atoms with Crippen molar-refractivity contribution in [2.75, 3.05) is 0 Å². The molecule has 0 spiro atoms. The fraction of sp³-hybridized carbons (Fsp3) is 0.231. The summed E-state index contributed by atoms with van der Waals surface area (Å²) in [7, 11) is 0. The highest BCUT2D eigenvalue weighted by Gasteiger charge is 2.02. The fourth-order valence-electron chi connectivity index (χ4n) is 1.40. The number of amides is 2. The van der Waals surface area contributed by atoms with Gasteiger partial charge in [0.1, 0.15) is 0 Å². The Morgan fingerprint density at radius 2 is 2.12 bits per heavy atom. The summed E-state index contributed by atoms with van der Waals surface area (Å²) in [5.74, 6) is 0. The maximum Gasteiger partial charge on any atom is 0.332 e. The van der Waals surface area contributed by atoms with Gasteiger partial charge in [0.25, 0.3) is 0 Å². The Labute approximate surface area is 101 Å². The van der Waals surface area contributed by atoms with E-state index in [9.17, 15) is 4.79 Å². The Hall–Kier alpha value is -2.10. The lowest BCUT2D eigenvalue weighted by molar-refractivity contribution is 0.249. The molecule has 0 aliphatic heterocycles. The molecule has 0 heterocycles. The summed E-state index contributed by atoms with van der Waals surface area (Å²) in [4.78, 5) is 10.7. The molecule has 0 aliphatic rings. The van der Waals surface area contributed by atoms with Crippen molar-refractivity contribution in [3.63, 3.8) is 0 Å². The van der Waals surface area contributed by atoms with E-state index >= 15 is 0 Å². The molecule has 0 aliphatic carbocycles. The van der Waals surface area contributed by atoms with E-state index in [2.05, 4.69) is 16.6 Å². The first-order valence-electron chi connectivity index (χ1n) is 5.52. The van der Waals surface area contributed by atoms with Crippen LogP contribution < -0.4 is 11.2 Å². The number of carbonyl (C=O) groups excluding carboxylic acids is 1. The fourth-order valence-corrected chi connectivity index (χ4v) is 1.40. The molecule has 0 aromatic heterocycles. The highest BCUT2D eigenvalue weighted by molar-refractivity contribution is 6.01. The first kappa shape index (κ1) is 13.0. The Bertz CT molecular complexity index is 410. The van der Waals surface area contributed by atoms with Crippen molar-refractivity contribution in [3.8, 4) is 0 Å². The van der Waals surface area contributed by atoms with Crippen LogP contribution >= 0.6 is 0 Å². The average molecular weight is 231 g/mol. The van der Waals surface area contributed by atoms with E-state index in [4.69, 9.17) is 5.73 Å². The van der Waals surface area contributed by atoms with Gasteiger partial charge in [-0.15, -0.1) is 0 Å². The lowest BCUT2D eigenvalue weighted by Crippen LogP contribution is -2.26. The van der Waals surface area contributed by atoms with Gasteiger partial charge in [-0.3, -0.25) is 0 Å². The molecule has 0 saturated heterocycles. The normalized spacial score (nSPS) is 11.7. The van der Waals surface area contributed by atoms with E-state index in [0.29, 0.717) is 0 Å². The van der Waals surface area contributed by atoms with E-state index in [0.717, 1.165) is 24.1 Å². The summed E-state index contributed by atoms with van der Waals surface area (Å²) in [6.45, 7) is 1.97. The van der Waals surface area contributed by atoms with Gasteiger partial charge in [0.05, 0.1) is 5.71 Å². The van der Waals surface area contributed by atoms with Crippen LogP contribution in [0.15, 0.2) is 47.6 Å². The summed E-state index contributed by atoms with van der Waals surface area (Å²) in [5.41, 5.74) is 9.09. The molecule has 0 fully saturated rings. The van der Waals surface area contributed by atoms with Crippen LogP contribution in [-0.2, 0) is 0 Å². The maximum atomic E-state index is 10.7. The summed E-state index contributed by atoms with van der Waals surface area (Å²) < 4.78 is 0. The van der Waals surface area contributed by atoms with Crippen LogP contribution in [0.3, 0.4) is 0 Å². The van der Waals surface area contributed by atoms with Gasteiger partial charge in [-0.2, -0.15) is 5.10 Å². The minimum atomic E-state index is -0.649. The zero-order chi connectivity index (χ0) is 12.5. The van der Waals surface area contributed by atoms with Crippen LogP contribution in [0.2, 0.25) is 0 Å². The first-order valence-corrected chi connectivity index (χ1v) is 5.52. The average Bonchev–Trinajstić information content (AvgIpc) is 2.34. The van der Waals surface area contributed by atoms with Crippen molar-refractivity contribution in [1.29, 1.82) is 0 Å². The van der Waals surface area contributed by atoms with Crippen molar-refractivity contribution in [3.05, 3.63) is 48.0 Å². The Balaban J connectivity index is 2.78. The van der Waals surface area contributed by atoms with Crippen molar-refractivity contribution >= 4 is 11.7 Å². The van der Waals surface area contributed by atoms with Gasteiger partial charge in [-0.05, 0) is 25.3 Å². The van der Waals surface area contributed by atoms with Gasteiger partial charge in [-0.25, -0.2) is 10.2 Å². The third-order valence-corrected chi connectivity index (χ3v) is 2.19. The summed E-state index contributed by atoms with van der Waals surface area (Å²) >= 11 is 0. The standard InChI is InChI=1S/C13H17N3O/c1-2-3-5-10-12(15-16-13(14)17)11-8-6-4-7-9-11/h2-4,6-9H,5,10H2,1H3,(H3,14,16,17)/b3-2+,15-12+. The topological polar surface area (TPSA) is 67.5 Å². The number of hydrogen-bond donors (Lipinski definition) is 2. The van der Waals surface area contributed by atoms with E-state index in [1.165, 1.54) is 0 Å². The van der Waals surface area contributed by atoms with E-state index < -0.39 is 6.03 Å². The van der Waals surface area contributed by atoms with E-state index in [-0.39, 0.29) is 0 Å². The van der Waals surface area contributed by atoms with Crippen LogP contribution in [0.5, 0.6) is 0 Å². The van der Waals surface area contributed by atoms with Crippen molar-refractivity contribution < 1.29 is 4.79 Å². The Morgan fingerprint density at radius 3 is 2.71 bits per heavy atom. The number of benzene rings is 1. The molecule has 0 saturated carbocycles. The molecule has 0 bridgehead atoms. The number of rotatable bonds is 5. The number of nitrogens with two attached hydrogens (primary N) is 1. The first-order chi connectivity index (χ1) is 8.24. The van der Waals surface area contributed by atoms with Crippen LogP contribution in [0, 0.1) is 0 Å². The van der Waals surface area contributed by atoms with Crippen molar-refractivity contribution in [2.45, 2.75) is 19.8 Å². The third-order valence-electron chi connectivity index (χ3n) is 2.19. The summed E-state index contributed by atoms with van der Waals surface area (Å²) in [5, 5.41) is 4.02. The maximum absolute atomic E-state index is 10.7. The zero-order valence-corrected chi connectivity index (χ0v) is 9.89. The molecule has 1 rings (SSSR count). The smallest absolute Gasteiger partial charge is 0.332 e. The second kappa shape index (κ2) is 7.22. The number of urea groups is 1. The lowest BCUT2D eigenvalue weighted by atomic mass is 10.1. The molecule has 0 radical (unpaired) electrons. The molecule has 1 aromatic carbocycles. The van der Waals surface area contributed by atoms with Gasteiger partial charge < -0.3 is 5.73 Å². The number of hydrazone groups is 1. The molecule has 1 aromatic rings. The second-order valence-corrected chi connectivity index (χ2v) is 3.51. The molecule has 4 nitrogen and oxygen atoms in total. The number of hydrogen-bond acceptors (Lipinski definition) is 2. The number of carbonyl (C=O) groups is 1. The Morgan fingerprint density at radius 1 is 1.41 bits per heavy atom. The van der Waals surface area contributed by atoms with Gasteiger partial charge in [0, 0.05) is 0 Å². The Kier molecular flexibility index (Phi) is 5.51. The number of nitrogens with zero attached hydrogens (tertiary/aromatic N) is 1. The largest absolute Gasteiger partial charge is 0.350 e. The second-order valence-electron chi connectivity index (χ2n) is 3.51. The highest BCUT2D eigenvalue weighted by atomic mass is 16.2. The predicted octanol–water partition coefficient (Wildman–Crippen LogP) is 2.42. The monoisotopic (exact) mass is 231 g/mol. The lowest BCUT2D eigenvalue weighted by Gasteiger charge is -2.05. The number of allylic oxidation sites excluding steroid dienone is 2. The van der Waals surface area contributed by atoms with E-state index in [1.54, 1.807) is 0 Å². The molecule has 2 amide bonds. The molecule has 0 unspecified atom stereocenters. The SMILES string of the molecule is C/C=C/CC/C(=N\NC(N)=O)c1ccccc1. The molecular formula is C13H17N3O. The van der Waals surface area contributed by atoms with E-state index in [1.807, 2.05) is 43.3 Å². The van der Waals surface area contributed by atoms with Gasteiger partial charge in [0.2, 0.25) is 0 Å². The molecule has 90 valence electrons. The van der Waals surface area contributed by atoms with Crippen LogP contribution in [0.25, 0.3) is 0 Å². The zero-order valence-electron chi connectivity index (χ0n) is 9.89. The third kappa shape index (κ3) is 4.97. The minimum absolute atomic E-state index is 0.649. The number of primary amides is 1. The molecular weight excluding hydrogens is 214 g/mol. The van der Waals surface area contributed by atoms with Gasteiger partial charge >= 0.3 is 6.03 Å². The van der Waals surface area contributed by atoms with Crippen molar-refractivity contribution in [1.82, 2.24) is 5.43 Å². The highest BCUT2D eigenvalue weighted by Crippen LogP contribution is 2.06. The molecule has 3 N–H and O–H groups in total. The summed E-state index contributed by atoms with van der Waals surface area (Å²) in [6, 6.07) is 9.07. The van der Waals surface area contributed by atoms with Crippen molar-refractivity contribution in [2.24, 2.45) is 10.8 Å². The van der Waals surface area contributed by atoms with Gasteiger partial charge in [0.15, 0.2) is 0 Å². The minimum Gasteiger partial charge on any atom is -0.350 e. The molecule has 17 heavy (non-hydrogen) atoms. The quantitative estimate of drug-likeness (QED) is 0.456. The molecule has 0 atom stereocenters. The van der Waals surface area contributed by atoms with Crippen LogP contribution in [-0.4, -0.2) is 11.7 Å². The molecule has 4 heteroatoms.